The number of hydrogen-bond acceptors (Lipinski definition) is 3. The molecule has 2 amide bonds. The molecule has 1 saturated heterocycles. The van der Waals surface area contributed by atoms with Crippen LogP contribution in [0.3, 0.4) is 0 Å². The largest absolute Gasteiger partial charge is 0.433 e. The lowest BCUT2D eigenvalue weighted by Gasteiger charge is -2.20. The SMILES string of the molecule is CCc1ccccc1N1CC(C(=O)Nc2ccccc2OC(F)F)CC1=O. The Bertz CT molecular complexity index is 841. The monoisotopic (exact) mass is 374 g/mol. The van der Waals surface area contributed by atoms with Gasteiger partial charge in [-0.05, 0) is 30.2 Å². The van der Waals surface area contributed by atoms with Gasteiger partial charge in [0, 0.05) is 18.7 Å². The number of halogens is 2. The van der Waals surface area contributed by atoms with Crippen LogP contribution in [0, 0.1) is 5.92 Å². The number of ether oxygens (including phenoxy) is 1. The van der Waals surface area contributed by atoms with Crippen LogP contribution in [-0.2, 0) is 16.0 Å². The Morgan fingerprint density at radius 1 is 1.22 bits per heavy atom. The van der Waals surface area contributed by atoms with Crippen LogP contribution < -0.4 is 15.0 Å². The van der Waals surface area contributed by atoms with E-state index in [0.29, 0.717) is 0 Å². The fourth-order valence-electron chi connectivity index (χ4n) is 3.19. The first-order chi connectivity index (χ1) is 13.0. The molecule has 1 heterocycles. The molecule has 0 aliphatic carbocycles. The van der Waals surface area contributed by atoms with Crippen LogP contribution >= 0.6 is 0 Å². The number of hydrogen-bond donors (Lipinski definition) is 1. The lowest BCUT2D eigenvalue weighted by atomic mass is 10.1. The Labute approximate surface area is 155 Å². The van der Waals surface area contributed by atoms with Gasteiger partial charge in [-0.1, -0.05) is 37.3 Å². The molecule has 7 heteroatoms. The molecule has 0 spiro atoms. The molecule has 1 aliphatic heterocycles. The molecule has 5 nitrogen and oxygen atoms in total. The van der Waals surface area contributed by atoms with Crippen LogP contribution in [0.2, 0.25) is 0 Å². The second-order valence-electron chi connectivity index (χ2n) is 6.25. The Balaban J connectivity index is 1.73. The Morgan fingerprint density at radius 3 is 2.67 bits per heavy atom. The van der Waals surface area contributed by atoms with Gasteiger partial charge < -0.3 is 15.0 Å². The summed E-state index contributed by atoms with van der Waals surface area (Å²) in [5, 5.41) is 2.60. The number of carbonyl (C=O) groups excluding carboxylic acids is 2. The third-order valence-corrected chi connectivity index (χ3v) is 4.52. The van der Waals surface area contributed by atoms with E-state index in [4.69, 9.17) is 0 Å². The van der Waals surface area contributed by atoms with Gasteiger partial charge in [0.1, 0.15) is 5.75 Å². The summed E-state index contributed by atoms with van der Waals surface area (Å²) >= 11 is 0. The van der Waals surface area contributed by atoms with Gasteiger partial charge in [-0.25, -0.2) is 0 Å². The smallest absolute Gasteiger partial charge is 0.387 e. The van der Waals surface area contributed by atoms with Crippen molar-refractivity contribution in [1.29, 1.82) is 0 Å². The second-order valence-corrected chi connectivity index (χ2v) is 6.25. The fraction of sp³-hybridized carbons (Fsp3) is 0.300. The third kappa shape index (κ3) is 4.24. The molecule has 0 saturated carbocycles. The van der Waals surface area contributed by atoms with Crippen LogP contribution in [0.1, 0.15) is 18.9 Å². The zero-order chi connectivity index (χ0) is 19.4. The number of alkyl halides is 2. The minimum absolute atomic E-state index is 0.0712. The lowest BCUT2D eigenvalue weighted by Crippen LogP contribution is -2.28. The van der Waals surface area contributed by atoms with Gasteiger partial charge in [0.2, 0.25) is 11.8 Å². The Hall–Kier alpha value is -2.96. The first-order valence-corrected chi connectivity index (χ1v) is 8.72. The molecular weight excluding hydrogens is 354 g/mol. The number of nitrogens with zero attached hydrogens (tertiary/aromatic N) is 1. The number of anilines is 2. The quantitative estimate of drug-likeness (QED) is 0.836. The zero-order valence-electron chi connectivity index (χ0n) is 14.8. The first kappa shape index (κ1) is 18.8. The van der Waals surface area contributed by atoms with E-state index in [9.17, 15) is 18.4 Å². The molecule has 142 valence electrons. The van der Waals surface area contributed by atoms with Crippen LogP contribution in [0.4, 0.5) is 20.2 Å². The van der Waals surface area contributed by atoms with Crippen molar-refractivity contribution >= 4 is 23.2 Å². The van der Waals surface area contributed by atoms with Crippen LogP contribution in [0.25, 0.3) is 0 Å². The lowest BCUT2D eigenvalue weighted by molar-refractivity contribution is -0.122. The van der Waals surface area contributed by atoms with Crippen molar-refractivity contribution in [3.05, 3.63) is 54.1 Å². The molecular formula is C20H20F2N2O3. The van der Waals surface area contributed by atoms with Crippen molar-refractivity contribution in [2.75, 3.05) is 16.8 Å². The molecule has 1 atom stereocenters. The summed E-state index contributed by atoms with van der Waals surface area (Å²) in [6.07, 6.45) is 0.844. The van der Waals surface area contributed by atoms with E-state index in [1.807, 2.05) is 31.2 Å². The fourth-order valence-corrected chi connectivity index (χ4v) is 3.19. The van der Waals surface area contributed by atoms with Crippen molar-refractivity contribution < 1.29 is 23.1 Å². The van der Waals surface area contributed by atoms with E-state index in [2.05, 4.69) is 10.1 Å². The highest BCUT2D eigenvalue weighted by molar-refractivity contribution is 6.04. The number of nitrogens with one attached hydrogen (secondary N) is 1. The highest BCUT2D eigenvalue weighted by atomic mass is 19.3. The average Bonchev–Trinajstić information content (AvgIpc) is 3.04. The highest BCUT2D eigenvalue weighted by Gasteiger charge is 2.36. The van der Waals surface area contributed by atoms with Crippen molar-refractivity contribution in [3.8, 4) is 5.75 Å². The maximum Gasteiger partial charge on any atom is 0.387 e. The number of para-hydroxylation sites is 3. The zero-order valence-corrected chi connectivity index (χ0v) is 14.8. The Morgan fingerprint density at radius 2 is 1.93 bits per heavy atom. The summed E-state index contributed by atoms with van der Waals surface area (Å²) < 4.78 is 29.5. The molecule has 1 fully saturated rings. The van der Waals surface area contributed by atoms with Gasteiger partial charge in [-0.15, -0.1) is 0 Å². The van der Waals surface area contributed by atoms with E-state index in [1.54, 1.807) is 11.0 Å². The van der Waals surface area contributed by atoms with Gasteiger partial charge in [0.15, 0.2) is 0 Å². The van der Waals surface area contributed by atoms with Gasteiger partial charge in [0.25, 0.3) is 0 Å². The minimum atomic E-state index is -2.99. The molecule has 0 aromatic heterocycles. The van der Waals surface area contributed by atoms with Crippen molar-refractivity contribution in [2.24, 2.45) is 5.92 Å². The van der Waals surface area contributed by atoms with Gasteiger partial charge in [-0.3, -0.25) is 9.59 Å². The summed E-state index contributed by atoms with van der Waals surface area (Å²) in [5.74, 6) is -1.21. The van der Waals surface area contributed by atoms with E-state index < -0.39 is 18.4 Å². The molecule has 0 radical (unpaired) electrons. The maximum absolute atomic E-state index is 12.6. The summed E-state index contributed by atoms with van der Waals surface area (Å²) in [5.41, 5.74) is 1.99. The van der Waals surface area contributed by atoms with Crippen LogP contribution in [-0.4, -0.2) is 25.0 Å². The first-order valence-electron chi connectivity index (χ1n) is 8.72. The van der Waals surface area contributed by atoms with Crippen LogP contribution in [0.5, 0.6) is 5.75 Å². The topological polar surface area (TPSA) is 58.6 Å². The van der Waals surface area contributed by atoms with Crippen LogP contribution in [0.15, 0.2) is 48.5 Å². The predicted molar refractivity (Wildman–Crippen MR) is 98.0 cm³/mol. The summed E-state index contributed by atoms with van der Waals surface area (Å²) in [6, 6.07) is 13.6. The second kappa shape index (κ2) is 8.16. The predicted octanol–water partition coefficient (Wildman–Crippen LogP) is 3.84. The summed E-state index contributed by atoms with van der Waals surface area (Å²) in [6.45, 7) is -0.736. The van der Waals surface area contributed by atoms with E-state index in [0.717, 1.165) is 17.7 Å². The number of carbonyl (C=O) groups is 2. The number of rotatable bonds is 6. The third-order valence-electron chi connectivity index (χ3n) is 4.52. The summed E-state index contributed by atoms with van der Waals surface area (Å²) in [7, 11) is 0. The van der Waals surface area contributed by atoms with E-state index in [-0.39, 0.29) is 30.3 Å². The number of aryl methyl sites for hydroxylation is 1. The molecule has 1 unspecified atom stereocenters. The normalized spacial score (nSPS) is 16.7. The molecule has 3 rings (SSSR count). The molecule has 1 N–H and O–H groups in total. The van der Waals surface area contributed by atoms with E-state index >= 15 is 0 Å². The average molecular weight is 374 g/mol. The summed E-state index contributed by atoms with van der Waals surface area (Å²) in [4.78, 5) is 26.7. The van der Waals surface area contributed by atoms with Gasteiger partial charge in [-0.2, -0.15) is 8.78 Å². The molecule has 2 aromatic rings. The molecule has 1 aliphatic rings. The maximum atomic E-state index is 12.6. The highest BCUT2D eigenvalue weighted by Crippen LogP contribution is 2.31. The van der Waals surface area contributed by atoms with Crippen molar-refractivity contribution in [3.63, 3.8) is 0 Å². The molecule has 0 bridgehead atoms. The number of benzene rings is 2. The van der Waals surface area contributed by atoms with Crippen molar-refractivity contribution in [2.45, 2.75) is 26.4 Å². The van der Waals surface area contributed by atoms with Gasteiger partial charge >= 0.3 is 6.61 Å². The van der Waals surface area contributed by atoms with Crippen molar-refractivity contribution in [1.82, 2.24) is 0 Å². The molecule has 2 aromatic carbocycles. The minimum Gasteiger partial charge on any atom is -0.433 e. The van der Waals surface area contributed by atoms with E-state index in [1.165, 1.54) is 18.2 Å². The van der Waals surface area contributed by atoms with Gasteiger partial charge in [0.05, 0.1) is 11.6 Å². The standard InChI is InChI=1S/C20H20F2N2O3/c1-2-13-7-3-5-9-16(13)24-12-14(11-18(24)25)19(26)23-15-8-4-6-10-17(15)27-20(21)22/h3-10,14,20H,2,11-12H2,1H3,(H,23,26). The Kier molecular flexibility index (Phi) is 5.69. The molecule has 27 heavy (non-hydrogen) atoms. The number of amides is 2.